The SMILES string of the molecule is NCCCNC(=O)N[C@H](CO)C(=O)O. The molecule has 0 radical (unpaired) electrons. The number of carbonyl (C=O) groups is 2. The summed E-state index contributed by atoms with van der Waals surface area (Å²) >= 11 is 0. The first-order valence-electron chi connectivity index (χ1n) is 4.20. The fourth-order valence-corrected chi connectivity index (χ4v) is 0.699. The van der Waals surface area contributed by atoms with Gasteiger partial charge in [-0.2, -0.15) is 0 Å². The molecule has 2 amide bonds. The third kappa shape index (κ3) is 5.33. The summed E-state index contributed by atoms with van der Waals surface area (Å²) in [6.07, 6.45) is 0.615. The molecule has 0 heterocycles. The zero-order chi connectivity index (χ0) is 11.0. The molecule has 0 saturated carbocycles. The Hall–Kier alpha value is -1.34. The second-order valence-corrected chi connectivity index (χ2v) is 2.62. The van der Waals surface area contributed by atoms with E-state index in [1.54, 1.807) is 0 Å². The topological polar surface area (TPSA) is 125 Å². The van der Waals surface area contributed by atoms with Crippen molar-refractivity contribution in [2.75, 3.05) is 19.7 Å². The van der Waals surface area contributed by atoms with Crippen LogP contribution >= 0.6 is 0 Å². The maximum Gasteiger partial charge on any atom is 0.328 e. The fourth-order valence-electron chi connectivity index (χ4n) is 0.699. The minimum atomic E-state index is -1.28. The first-order valence-corrected chi connectivity index (χ1v) is 4.20. The number of carboxylic acids is 1. The van der Waals surface area contributed by atoms with Gasteiger partial charge in [-0.1, -0.05) is 0 Å². The van der Waals surface area contributed by atoms with Gasteiger partial charge in [0.15, 0.2) is 6.04 Å². The number of hydrogen-bond acceptors (Lipinski definition) is 4. The second kappa shape index (κ2) is 7.10. The van der Waals surface area contributed by atoms with E-state index in [9.17, 15) is 9.59 Å². The van der Waals surface area contributed by atoms with Crippen LogP contribution in [0.1, 0.15) is 6.42 Å². The Kier molecular flexibility index (Phi) is 6.42. The first-order chi connectivity index (χ1) is 6.61. The molecule has 0 saturated heterocycles. The Balaban J connectivity index is 3.74. The molecule has 6 N–H and O–H groups in total. The van der Waals surface area contributed by atoms with E-state index in [0.29, 0.717) is 19.5 Å². The van der Waals surface area contributed by atoms with Gasteiger partial charge in [0.25, 0.3) is 0 Å². The number of hydrogen-bond donors (Lipinski definition) is 5. The van der Waals surface area contributed by atoms with E-state index >= 15 is 0 Å². The van der Waals surface area contributed by atoms with Crippen LogP contribution in [0, 0.1) is 0 Å². The van der Waals surface area contributed by atoms with Crippen LogP contribution in [0.4, 0.5) is 4.79 Å². The number of aliphatic hydroxyl groups excluding tert-OH is 1. The van der Waals surface area contributed by atoms with Crippen molar-refractivity contribution < 1.29 is 19.8 Å². The van der Waals surface area contributed by atoms with Crippen molar-refractivity contribution in [1.82, 2.24) is 10.6 Å². The highest BCUT2D eigenvalue weighted by molar-refractivity contribution is 5.82. The number of nitrogens with one attached hydrogen (secondary N) is 2. The number of aliphatic hydroxyl groups is 1. The summed E-state index contributed by atoms with van der Waals surface area (Å²) in [5, 5.41) is 21.5. The minimum Gasteiger partial charge on any atom is -0.480 e. The maximum absolute atomic E-state index is 11.0. The number of carboxylic acid groups (broad SMARTS) is 1. The summed E-state index contributed by atoms with van der Waals surface area (Å²) < 4.78 is 0. The van der Waals surface area contributed by atoms with E-state index in [1.807, 2.05) is 0 Å². The minimum absolute atomic E-state index is 0.375. The molecule has 0 aliphatic rings. The van der Waals surface area contributed by atoms with Crippen LogP contribution in [0.3, 0.4) is 0 Å². The van der Waals surface area contributed by atoms with Crippen molar-refractivity contribution in [3.8, 4) is 0 Å². The zero-order valence-electron chi connectivity index (χ0n) is 7.69. The van der Waals surface area contributed by atoms with Gasteiger partial charge < -0.3 is 26.6 Å². The van der Waals surface area contributed by atoms with Crippen LogP contribution in [0.15, 0.2) is 0 Å². The molecule has 0 rings (SSSR count). The van der Waals surface area contributed by atoms with E-state index < -0.39 is 24.6 Å². The third-order valence-corrected chi connectivity index (χ3v) is 1.45. The smallest absolute Gasteiger partial charge is 0.328 e. The fraction of sp³-hybridized carbons (Fsp3) is 0.714. The summed E-state index contributed by atoms with van der Waals surface area (Å²) in [6.45, 7) is 0.183. The van der Waals surface area contributed by atoms with E-state index in [-0.39, 0.29) is 0 Å². The lowest BCUT2D eigenvalue weighted by atomic mass is 10.3. The molecule has 0 unspecified atom stereocenters. The Bertz CT molecular complexity index is 197. The van der Waals surface area contributed by atoms with Crippen LogP contribution in [0.25, 0.3) is 0 Å². The molecule has 14 heavy (non-hydrogen) atoms. The van der Waals surface area contributed by atoms with Gasteiger partial charge in [0.1, 0.15) is 0 Å². The third-order valence-electron chi connectivity index (χ3n) is 1.45. The lowest BCUT2D eigenvalue weighted by Crippen LogP contribution is -2.48. The molecule has 7 heteroatoms. The molecule has 0 aromatic heterocycles. The summed E-state index contributed by atoms with van der Waals surface area (Å²) in [4.78, 5) is 21.3. The standard InChI is InChI=1S/C7H15N3O4/c8-2-1-3-9-7(14)10-5(4-11)6(12)13/h5,11H,1-4,8H2,(H,12,13)(H2,9,10,14)/t5-/m1/s1. The van der Waals surface area contributed by atoms with E-state index in [0.717, 1.165) is 0 Å². The summed E-state index contributed by atoms with van der Waals surface area (Å²) in [5.41, 5.74) is 5.18. The van der Waals surface area contributed by atoms with E-state index in [4.69, 9.17) is 15.9 Å². The molecule has 0 aliphatic carbocycles. The maximum atomic E-state index is 11.0. The van der Waals surface area contributed by atoms with Crippen LogP contribution in [0.5, 0.6) is 0 Å². The highest BCUT2D eigenvalue weighted by atomic mass is 16.4. The molecule has 0 spiro atoms. The highest BCUT2D eigenvalue weighted by Gasteiger charge is 2.17. The summed E-state index contributed by atoms with van der Waals surface area (Å²) in [7, 11) is 0. The van der Waals surface area contributed by atoms with Gasteiger partial charge in [0.05, 0.1) is 6.61 Å². The van der Waals surface area contributed by atoms with Gasteiger partial charge in [-0.15, -0.1) is 0 Å². The van der Waals surface area contributed by atoms with Gasteiger partial charge in [0, 0.05) is 6.54 Å². The monoisotopic (exact) mass is 205 g/mol. The Morgan fingerprint density at radius 2 is 2.07 bits per heavy atom. The van der Waals surface area contributed by atoms with Gasteiger partial charge in [-0.3, -0.25) is 0 Å². The Morgan fingerprint density at radius 1 is 1.43 bits per heavy atom. The van der Waals surface area contributed by atoms with Crippen molar-refractivity contribution in [1.29, 1.82) is 0 Å². The number of urea groups is 1. The largest absolute Gasteiger partial charge is 0.480 e. The normalized spacial score (nSPS) is 11.9. The molecular weight excluding hydrogens is 190 g/mol. The molecule has 0 aromatic carbocycles. The lowest BCUT2D eigenvalue weighted by Gasteiger charge is -2.12. The highest BCUT2D eigenvalue weighted by Crippen LogP contribution is 1.82. The van der Waals surface area contributed by atoms with Gasteiger partial charge in [0.2, 0.25) is 0 Å². The molecule has 82 valence electrons. The van der Waals surface area contributed by atoms with E-state index in [1.165, 1.54) is 0 Å². The quantitative estimate of drug-likeness (QED) is 0.323. The molecule has 7 nitrogen and oxygen atoms in total. The van der Waals surface area contributed by atoms with Crippen molar-refractivity contribution >= 4 is 12.0 Å². The lowest BCUT2D eigenvalue weighted by molar-refractivity contribution is -0.140. The van der Waals surface area contributed by atoms with Gasteiger partial charge >= 0.3 is 12.0 Å². The van der Waals surface area contributed by atoms with Crippen molar-refractivity contribution in [2.45, 2.75) is 12.5 Å². The van der Waals surface area contributed by atoms with Gasteiger partial charge in [-0.25, -0.2) is 9.59 Å². The average Bonchev–Trinajstić information content (AvgIpc) is 2.14. The van der Waals surface area contributed by atoms with Crippen molar-refractivity contribution in [3.05, 3.63) is 0 Å². The number of rotatable bonds is 6. The summed E-state index contributed by atoms with van der Waals surface area (Å²) in [5.74, 6) is -1.28. The molecule has 1 atom stereocenters. The Morgan fingerprint density at radius 3 is 2.50 bits per heavy atom. The Labute approximate surface area is 81.3 Å². The molecular formula is C7H15N3O4. The predicted molar refractivity (Wildman–Crippen MR) is 48.7 cm³/mol. The zero-order valence-corrected chi connectivity index (χ0v) is 7.69. The predicted octanol–water partition coefficient (Wildman–Crippen LogP) is -1.92. The average molecular weight is 205 g/mol. The second-order valence-electron chi connectivity index (χ2n) is 2.62. The number of aliphatic carboxylic acids is 1. The van der Waals surface area contributed by atoms with Crippen LogP contribution < -0.4 is 16.4 Å². The molecule has 0 aliphatic heterocycles. The summed E-state index contributed by atoms with van der Waals surface area (Å²) in [6, 6.07) is -1.90. The van der Waals surface area contributed by atoms with E-state index in [2.05, 4.69) is 10.6 Å². The number of carbonyl (C=O) groups excluding carboxylic acids is 1. The first kappa shape index (κ1) is 12.7. The van der Waals surface area contributed by atoms with Gasteiger partial charge in [-0.05, 0) is 13.0 Å². The van der Waals surface area contributed by atoms with Crippen LogP contribution in [-0.4, -0.2) is 48.0 Å². The van der Waals surface area contributed by atoms with Crippen molar-refractivity contribution in [3.63, 3.8) is 0 Å². The molecule has 0 fully saturated rings. The number of nitrogens with two attached hydrogens (primary N) is 1. The molecule has 0 aromatic rings. The number of amides is 2. The van der Waals surface area contributed by atoms with Crippen LogP contribution in [0.2, 0.25) is 0 Å². The van der Waals surface area contributed by atoms with Crippen molar-refractivity contribution in [2.24, 2.45) is 5.73 Å². The molecule has 0 bridgehead atoms. The van der Waals surface area contributed by atoms with Crippen LogP contribution in [-0.2, 0) is 4.79 Å².